The van der Waals surface area contributed by atoms with E-state index in [0.29, 0.717) is 16.5 Å². The third-order valence-corrected chi connectivity index (χ3v) is 3.74. The highest BCUT2D eigenvalue weighted by molar-refractivity contribution is 6.06. The number of hydrogen-bond acceptors (Lipinski definition) is 2. The summed E-state index contributed by atoms with van der Waals surface area (Å²) < 4.78 is 32.2. The molecule has 2 aromatic carbocycles. The minimum absolute atomic E-state index is 0.146. The van der Waals surface area contributed by atoms with Gasteiger partial charge in [-0.3, -0.25) is 4.79 Å². The Bertz CT molecular complexity index is 876. The van der Waals surface area contributed by atoms with Gasteiger partial charge in [0.25, 0.3) is 5.91 Å². The Kier molecular flexibility index (Phi) is 4.46. The molecular formula is C18H16F2N2O2. The lowest BCUT2D eigenvalue weighted by molar-refractivity contribution is 0.0775. The number of carbonyl (C=O) groups is 1. The summed E-state index contributed by atoms with van der Waals surface area (Å²) in [5.41, 5.74) is 1.08. The van der Waals surface area contributed by atoms with E-state index in [2.05, 4.69) is 4.98 Å². The van der Waals surface area contributed by atoms with E-state index in [0.717, 1.165) is 0 Å². The first kappa shape index (κ1) is 16.0. The standard InChI is InChI=1S/C18H16F2N2O2/c1-22(8-9-24-17-5-3-2-4-15(17)20)18(23)14-11-21-16-7-6-12(19)10-13(14)16/h2-7,10-11,21H,8-9H2,1H3. The number of nitrogens with one attached hydrogen (secondary N) is 1. The van der Waals surface area contributed by atoms with Crippen molar-refractivity contribution in [3.05, 3.63) is 65.9 Å². The number of ether oxygens (including phenoxy) is 1. The average molecular weight is 330 g/mol. The Hall–Kier alpha value is -2.89. The summed E-state index contributed by atoms with van der Waals surface area (Å²) in [5.74, 6) is -0.961. The van der Waals surface area contributed by atoms with Crippen LogP contribution in [0.5, 0.6) is 5.75 Å². The molecule has 0 bridgehead atoms. The van der Waals surface area contributed by atoms with Crippen LogP contribution >= 0.6 is 0 Å². The van der Waals surface area contributed by atoms with E-state index in [-0.39, 0.29) is 24.8 Å². The summed E-state index contributed by atoms with van der Waals surface area (Å²) in [6, 6.07) is 10.3. The number of aromatic amines is 1. The molecule has 0 unspecified atom stereocenters. The first-order valence-corrected chi connectivity index (χ1v) is 7.45. The fourth-order valence-corrected chi connectivity index (χ4v) is 2.43. The van der Waals surface area contributed by atoms with E-state index >= 15 is 0 Å². The lowest BCUT2D eigenvalue weighted by atomic mass is 10.1. The van der Waals surface area contributed by atoms with Gasteiger partial charge < -0.3 is 14.6 Å². The highest BCUT2D eigenvalue weighted by atomic mass is 19.1. The molecule has 0 atom stereocenters. The van der Waals surface area contributed by atoms with E-state index in [4.69, 9.17) is 4.74 Å². The molecule has 1 amide bonds. The van der Waals surface area contributed by atoms with Gasteiger partial charge in [0.2, 0.25) is 0 Å². The van der Waals surface area contributed by atoms with E-state index in [1.54, 1.807) is 31.4 Å². The molecule has 0 saturated heterocycles. The van der Waals surface area contributed by atoms with Gasteiger partial charge in [-0.15, -0.1) is 0 Å². The quantitative estimate of drug-likeness (QED) is 0.777. The number of nitrogens with zero attached hydrogens (tertiary/aromatic N) is 1. The SMILES string of the molecule is CN(CCOc1ccccc1F)C(=O)c1c[nH]c2ccc(F)cc12. The second-order valence-corrected chi connectivity index (χ2v) is 5.40. The van der Waals surface area contributed by atoms with Crippen LogP contribution in [-0.4, -0.2) is 36.0 Å². The van der Waals surface area contributed by atoms with Crippen LogP contribution in [0.3, 0.4) is 0 Å². The predicted octanol–water partition coefficient (Wildman–Crippen LogP) is 3.60. The molecule has 0 fully saturated rings. The summed E-state index contributed by atoms with van der Waals surface area (Å²) in [7, 11) is 1.62. The molecule has 6 heteroatoms. The van der Waals surface area contributed by atoms with E-state index < -0.39 is 11.6 Å². The first-order chi connectivity index (χ1) is 11.6. The van der Waals surface area contributed by atoms with Crippen molar-refractivity contribution >= 4 is 16.8 Å². The number of halogens is 2. The Morgan fingerprint density at radius 3 is 2.79 bits per heavy atom. The Morgan fingerprint density at radius 2 is 2.00 bits per heavy atom. The first-order valence-electron chi connectivity index (χ1n) is 7.45. The zero-order valence-corrected chi connectivity index (χ0v) is 13.1. The minimum atomic E-state index is -0.446. The maximum atomic E-state index is 13.5. The third kappa shape index (κ3) is 3.22. The number of rotatable bonds is 5. The topological polar surface area (TPSA) is 45.3 Å². The normalized spacial score (nSPS) is 10.8. The van der Waals surface area contributed by atoms with Gasteiger partial charge in [0.15, 0.2) is 11.6 Å². The van der Waals surface area contributed by atoms with Gasteiger partial charge in [0, 0.05) is 24.1 Å². The molecule has 1 aromatic heterocycles. The largest absolute Gasteiger partial charge is 0.489 e. The van der Waals surface area contributed by atoms with Crippen LogP contribution in [0.4, 0.5) is 8.78 Å². The number of hydrogen-bond donors (Lipinski definition) is 1. The van der Waals surface area contributed by atoms with Crippen LogP contribution in [0, 0.1) is 11.6 Å². The maximum absolute atomic E-state index is 13.5. The number of carbonyl (C=O) groups excluding carboxylic acids is 1. The van der Waals surface area contributed by atoms with Crippen molar-refractivity contribution in [2.24, 2.45) is 0 Å². The van der Waals surface area contributed by atoms with Gasteiger partial charge in [-0.2, -0.15) is 0 Å². The van der Waals surface area contributed by atoms with Crippen LogP contribution in [-0.2, 0) is 0 Å². The van der Waals surface area contributed by atoms with Gasteiger partial charge >= 0.3 is 0 Å². The van der Waals surface area contributed by atoms with Gasteiger partial charge in [-0.1, -0.05) is 12.1 Å². The molecule has 1 N–H and O–H groups in total. The van der Waals surface area contributed by atoms with E-state index in [1.165, 1.54) is 29.2 Å². The minimum Gasteiger partial charge on any atom is -0.489 e. The van der Waals surface area contributed by atoms with Gasteiger partial charge in [-0.25, -0.2) is 8.78 Å². The number of para-hydroxylation sites is 1. The molecule has 24 heavy (non-hydrogen) atoms. The number of likely N-dealkylation sites (N-methyl/N-ethyl adjacent to an activating group) is 1. The monoisotopic (exact) mass is 330 g/mol. The van der Waals surface area contributed by atoms with Crippen molar-refractivity contribution < 1.29 is 18.3 Å². The number of fused-ring (bicyclic) bond motifs is 1. The van der Waals surface area contributed by atoms with Crippen LogP contribution < -0.4 is 4.74 Å². The molecule has 0 spiro atoms. The van der Waals surface area contributed by atoms with Crippen molar-refractivity contribution in [1.82, 2.24) is 9.88 Å². The van der Waals surface area contributed by atoms with Crippen molar-refractivity contribution in [3.8, 4) is 5.75 Å². The van der Waals surface area contributed by atoms with Crippen LogP contribution in [0.25, 0.3) is 10.9 Å². The van der Waals surface area contributed by atoms with Crippen molar-refractivity contribution in [3.63, 3.8) is 0 Å². The number of benzene rings is 2. The zero-order valence-electron chi connectivity index (χ0n) is 13.1. The molecule has 0 radical (unpaired) electrons. The third-order valence-electron chi connectivity index (χ3n) is 3.74. The van der Waals surface area contributed by atoms with Gasteiger partial charge in [0.1, 0.15) is 12.4 Å². The molecule has 0 aliphatic heterocycles. The summed E-state index contributed by atoms with van der Waals surface area (Å²) in [6.07, 6.45) is 1.56. The van der Waals surface area contributed by atoms with Crippen LogP contribution in [0.1, 0.15) is 10.4 Å². The van der Waals surface area contributed by atoms with Crippen molar-refractivity contribution in [1.29, 1.82) is 0 Å². The number of aromatic nitrogens is 1. The summed E-state index contributed by atoms with van der Waals surface area (Å²) in [6.45, 7) is 0.426. The summed E-state index contributed by atoms with van der Waals surface area (Å²) in [5, 5.41) is 0.530. The molecule has 3 rings (SSSR count). The van der Waals surface area contributed by atoms with Crippen LogP contribution in [0.15, 0.2) is 48.7 Å². The Morgan fingerprint density at radius 1 is 1.21 bits per heavy atom. The van der Waals surface area contributed by atoms with Crippen LogP contribution in [0.2, 0.25) is 0 Å². The molecule has 0 aliphatic carbocycles. The van der Waals surface area contributed by atoms with E-state index in [9.17, 15) is 13.6 Å². The van der Waals surface area contributed by atoms with Crippen molar-refractivity contribution in [2.45, 2.75) is 0 Å². The Balaban J connectivity index is 1.66. The second kappa shape index (κ2) is 6.70. The smallest absolute Gasteiger partial charge is 0.255 e. The average Bonchev–Trinajstić information content (AvgIpc) is 2.98. The molecule has 124 valence electrons. The predicted molar refractivity (Wildman–Crippen MR) is 87.1 cm³/mol. The van der Waals surface area contributed by atoms with Gasteiger partial charge in [-0.05, 0) is 30.3 Å². The lowest BCUT2D eigenvalue weighted by Crippen LogP contribution is -2.30. The number of H-pyrrole nitrogens is 1. The highest BCUT2D eigenvalue weighted by Crippen LogP contribution is 2.21. The second-order valence-electron chi connectivity index (χ2n) is 5.40. The molecule has 4 nitrogen and oxygen atoms in total. The maximum Gasteiger partial charge on any atom is 0.255 e. The van der Waals surface area contributed by atoms with Crippen molar-refractivity contribution in [2.75, 3.05) is 20.2 Å². The Labute approximate surface area is 137 Å². The fraction of sp³-hybridized carbons (Fsp3) is 0.167. The number of amides is 1. The zero-order chi connectivity index (χ0) is 17.1. The highest BCUT2D eigenvalue weighted by Gasteiger charge is 2.16. The summed E-state index contributed by atoms with van der Waals surface area (Å²) >= 11 is 0. The molecule has 0 saturated carbocycles. The van der Waals surface area contributed by atoms with E-state index in [1.807, 2.05) is 0 Å². The lowest BCUT2D eigenvalue weighted by Gasteiger charge is -2.17. The molecule has 1 heterocycles. The molecular weight excluding hydrogens is 314 g/mol. The van der Waals surface area contributed by atoms with Gasteiger partial charge in [0.05, 0.1) is 12.1 Å². The molecule has 0 aliphatic rings. The fourth-order valence-electron chi connectivity index (χ4n) is 2.43. The molecule has 3 aromatic rings. The summed E-state index contributed by atoms with van der Waals surface area (Å²) in [4.78, 5) is 16.9.